The highest BCUT2D eigenvalue weighted by molar-refractivity contribution is 5.97. The van der Waals surface area contributed by atoms with Gasteiger partial charge in [0.05, 0.1) is 6.61 Å². The smallest absolute Gasteiger partial charge is 0.246 e. The zero-order valence-corrected chi connectivity index (χ0v) is 10.9. The van der Waals surface area contributed by atoms with Crippen molar-refractivity contribution in [1.29, 1.82) is 0 Å². The number of ether oxygens (including phenoxy) is 1. The second kappa shape index (κ2) is 7.50. The van der Waals surface area contributed by atoms with E-state index in [9.17, 15) is 9.59 Å². The predicted octanol–water partition coefficient (Wildman–Crippen LogP) is -0.131. The Morgan fingerprint density at radius 1 is 1.32 bits per heavy atom. The van der Waals surface area contributed by atoms with Gasteiger partial charge in [0, 0.05) is 25.8 Å². The van der Waals surface area contributed by atoms with Gasteiger partial charge < -0.3 is 21.1 Å². The third kappa shape index (κ3) is 4.69. The quantitative estimate of drug-likeness (QED) is 0.717. The Bertz CT molecular complexity index is 422. The van der Waals surface area contributed by atoms with Crippen LogP contribution < -0.4 is 16.4 Å². The van der Waals surface area contributed by atoms with Crippen LogP contribution in [0.1, 0.15) is 6.42 Å². The van der Waals surface area contributed by atoms with Gasteiger partial charge in [-0.1, -0.05) is 18.2 Å². The fourth-order valence-electron chi connectivity index (χ4n) is 1.65. The van der Waals surface area contributed by atoms with E-state index in [4.69, 9.17) is 16.2 Å². The lowest BCUT2D eigenvalue weighted by Gasteiger charge is -2.25. The molecule has 0 aliphatic carbocycles. The number of hydrogen-bond acceptors (Lipinski definition) is 4. The summed E-state index contributed by atoms with van der Waals surface area (Å²) in [6.45, 7) is 0.328. The Labute approximate surface area is 112 Å². The highest BCUT2D eigenvalue weighted by Crippen LogP contribution is 2.14. The number of rotatable bonds is 7. The summed E-state index contributed by atoms with van der Waals surface area (Å²) in [5, 5.41) is 0. The van der Waals surface area contributed by atoms with Crippen LogP contribution >= 0.6 is 0 Å². The maximum absolute atomic E-state index is 12.2. The average molecular weight is 265 g/mol. The van der Waals surface area contributed by atoms with Crippen LogP contribution in [0.3, 0.4) is 0 Å². The second-order valence-electron chi connectivity index (χ2n) is 4.10. The Kier molecular flexibility index (Phi) is 5.98. The number of carbonyl (C=O) groups excluding carboxylic acids is 2. The standard InChI is InChI=1S/C13H19N3O3/c1-19-9-11(14)13(18)16(8-7-12(15)17)10-5-3-2-4-6-10/h2-6,11H,7-9,14H2,1H3,(H2,15,17). The van der Waals surface area contributed by atoms with Gasteiger partial charge in [-0.2, -0.15) is 0 Å². The van der Waals surface area contributed by atoms with E-state index in [-0.39, 0.29) is 25.5 Å². The van der Waals surface area contributed by atoms with E-state index in [1.54, 1.807) is 12.1 Å². The molecule has 0 aliphatic rings. The molecule has 2 amide bonds. The molecule has 0 aliphatic heterocycles. The molecule has 1 atom stereocenters. The molecular formula is C13H19N3O3. The predicted molar refractivity (Wildman–Crippen MR) is 72.5 cm³/mol. The number of amides is 2. The molecule has 6 heteroatoms. The highest BCUT2D eigenvalue weighted by atomic mass is 16.5. The van der Waals surface area contributed by atoms with Crippen molar-refractivity contribution >= 4 is 17.5 Å². The lowest BCUT2D eigenvalue weighted by molar-refractivity contribution is -0.121. The van der Waals surface area contributed by atoms with Crippen LogP contribution in [0.4, 0.5) is 5.69 Å². The average Bonchev–Trinajstić information content (AvgIpc) is 2.40. The maximum atomic E-state index is 12.2. The Morgan fingerprint density at radius 3 is 2.47 bits per heavy atom. The van der Waals surface area contributed by atoms with Crippen molar-refractivity contribution in [2.45, 2.75) is 12.5 Å². The monoisotopic (exact) mass is 265 g/mol. The van der Waals surface area contributed by atoms with Crippen molar-refractivity contribution in [3.8, 4) is 0 Å². The van der Waals surface area contributed by atoms with Crippen molar-refractivity contribution in [3.63, 3.8) is 0 Å². The molecule has 1 aromatic rings. The molecule has 6 nitrogen and oxygen atoms in total. The van der Waals surface area contributed by atoms with Gasteiger partial charge in [0.15, 0.2) is 0 Å². The van der Waals surface area contributed by atoms with Crippen LogP contribution in [0.25, 0.3) is 0 Å². The van der Waals surface area contributed by atoms with Gasteiger partial charge in [-0.15, -0.1) is 0 Å². The molecular weight excluding hydrogens is 246 g/mol. The van der Waals surface area contributed by atoms with Crippen molar-refractivity contribution in [2.24, 2.45) is 11.5 Å². The van der Waals surface area contributed by atoms with Crippen LogP contribution in [0.15, 0.2) is 30.3 Å². The van der Waals surface area contributed by atoms with Gasteiger partial charge >= 0.3 is 0 Å². The van der Waals surface area contributed by atoms with Gasteiger partial charge in [0.1, 0.15) is 6.04 Å². The molecule has 0 fully saturated rings. The van der Waals surface area contributed by atoms with Gasteiger partial charge in [-0.25, -0.2) is 0 Å². The minimum atomic E-state index is -0.766. The fourth-order valence-corrected chi connectivity index (χ4v) is 1.65. The Hall–Kier alpha value is -1.92. The molecule has 0 radical (unpaired) electrons. The summed E-state index contributed by atoms with van der Waals surface area (Å²) in [4.78, 5) is 24.5. The van der Waals surface area contributed by atoms with E-state index in [2.05, 4.69) is 0 Å². The van der Waals surface area contributed by atoms with Crippen LogP contribution in [0.2, 0.25) is 0 Å². The summed E-state index contributed by atoms with van der Waals surface area (Å²) < 4.78 is 4.87. The summed E-state index contributed by atoms with van der Waals surface area (Å²) in [5.74, 6) is -0.761. The summed E-state index contributed by atoms with van der Waals surface area (Å²) in [7, 11) is 1.48. The third-order valence-corrected chi connectivity index (χ3v) is 2.58. The Morgan fingerprint density at radius 2 is 1.95 bits per heavy atom. The van der Waals surface area contributed by atoms with E-state index in [1.165, 1.54) is 12.0 Å². The van der Waals surface area contributed by atoms with Crippen molar-refractivity contribution < 1.29 is 14.3 Å². The molecule has 19 heavy (non-hydrogen) atoms. The number of methoxy groups -OCH3 is 1. The third-order valence-electron chi connectivity index (χ3n) is 2.58. The summed E-state index contributed by atoms with van der Waals surface area (Å²) in [6.07, 6.45) is 0.0837. The molecule has 4 N–H and O–H groups in total. The van der Waals surface area contributed by atoms with Crippen molar-refractivity contribution in [2.75, 3.05) is 25.2 Å². The van der Waals surface area contributed by atoms with Gasteiger partial charge in [-0.3, -0.25) is 9.59 Å². The summed E-state index contributed by atoms with van der Waals surface area (Å²) in [5.41, 5.74) is 11.5. The SMILES string of the molecule is COCC(N)C(=O)N(CCC(N)=O)c1ccccc1. The molecule has 0 spiro atoms. The summed E-state index contributed by atoms with van der Waals surface area (Å²) in [6, 6.07) is 8.24. The number of benzene rings is 1. The number of carbonyl (C=O) groups is 2. The zero-order valence-electron chi connectivity index (χ0n) is 10.9. The molecule has 0 saturated heterocycles. The first-order valence-corrected chi connectivity index (χ1v) is 5.95. The van der Waals surface area contributed by atoms with E-state index in [0.717, 1.165) is 0 Å². The van der Waals surface area contributed by atoms with E-state index in [0.29, 0.717) is 5.69 Å². The molecule has 0 aromatic heterocycles. The zero-order chi connectivity index (χ0) is 14.3. The minimum absolute atomic E-state index is 0.0837. The van der Waals surface area contributed by atoms with Gasteiger partial charge in [0.2, 0.25) is 11.8 Å². The first kappa shape index (κ1) is 15.1. The number of nitrogens with zero attached hydrogens (tertiary/aromatic N) is 1. The first-order valence-electron chi connectivity index (χ1n) is 5.95. The van der Waals surface area contributed by atoms with Crippen molar-refractivity contribution in [1.82, 2.24) is 0 Å². The van der Waals surface area contributed by atoms with Crippen molar-refractivity contribution in [3.05, 3.63) is 30.3 Å². The highest BCUT2D eigenvalue weighted by Gasteiger charge is 2.22. The number of nitrogens with two attached hydrogens (primary N) is 2. The first-order chi connectivity index (χ1) is 9.06. The number of hydrogen-bond donors (Lipinski definition) is 2. The Balaban J connectivity index is 2.86. The van der Waals surface area contributed by atoms with Crippen LogP contribution in [0.5, 0.6) is 0 Å². The normalized spacial score (nSPS) is 11.9. The van der Waals surface area contributed by atoms with E-state index in [1.807, 2.05) is 18.2 Å². The number of para-hydroxylation sites is 1. The van der Waals surface area contributed by atoms with Gasteiger partial charge in [0.25, 0.3) is 0 Å². The lowest BCUT2D eigenvalue weighted by Crippen LogP contribution is -2.47. The molecule has 0 heterocycles. The molecule has 1 unspecified atom stereocenters. The fraction of sp³-hybridized carbons (Fsp3) is 0.385. The largest absolute Gasteiger partial charge is 0.383 e. The summed E-state index contributed by atoms with van der Waals surface area (Å²) >= 11 is 0. The van der Waals surface area contributed by atoms with E-state index >= 15 is 0 Å². The van der Waals surface area contributed by atoms with Crippen LogP contribution in [-0.4, -0.2) is 38.1 Å². The van der Waals surface area contributed by atoms with Crippen LogP contribution in [0, 0.1) is 0 Å². The molecule has 1 aromatic carbocycles. The lowest BCUT2D eigenvalue weighted by atomic mass is 10.2. The molecule has 0 saturated carbocycles. The minimum Gasteiger partial charge on any atom is -0.383 e. The number of primary amides is 1. The maximum Gasteiger partial charge on any atom is 0.246 e. The van der Waals surface area contributed by atoms with Gasteiger partial charge in [-0.05, 0) is 12.1 Å². The number of anilines is 1. The van der Waals surface area contributed by atoms with Crippen LogP contribution in [-0.2, 0) is 14.3 Å². The molecule has 0 bridgehead atoms. The topological polar surface area (TPSA) is 98.7 Å². The molecule has 104 valence electrons. The second-order valence-corrected chi connectivity index (χ2v) is 4.10. The molecule has 1 rings (SSSR count). The van der Waals surface area contributed by atoms with E-state index < -0.39 is 11.9 Å².